The summed E-state index contributed by atoms with van der Waals surface area (Å²) in [6.07, 6.45) is 4.41. The number of carbonyl (C=O) groups is 1. The largest absolute Gasteiger partial charge is 0.461 e. The van der Waals surface area contributed by atoms with Crippen molar-refractivity contribution in [1.82, 2.24) is 19.7 Å². The summed E-state index contributed by atoms with van der Waals surface area (Å²) in [7, 11) is 0. The SMILES string of the molecule is NC(=O)CCn1c(SCCc2ccccn2)nnc1-c1ccco1. The number of pyridine rings is 1. The van der Waals surface area contributed by atoms with Crippen molar-refractivity contribution in [2.24, 2.45) is 5.73 Å². The van der Waals surface area contributed by atoms with Gasteiger partial charge in [-0.05, 0) is 30.7 Å². The average Bonchev–Trinajstić information content (AvgIpc) is 3.23. The van der Waals surface area contributed by atoms with E-state index in [2.05, 4.69) is 15.2 Å². The number of nitrogens with zero attached hydrogens (tertiary/aromatic N) is 4. The molecule has 0 radical (unpaired) electrons. The van der Waals surface area contributed by atoms with E-state index in [1.165, 1.54) is 0 Å². The minimum absolute atomic E-state index is 0.222. The Morgan fingerprint density at radius 3 is 2.88 bits per heavy atom. The first-order valence-electron chi connectivity index (χ1n) is 7.52. The van der Waals surface area contributed by atoms with Crippen LogP contribution < -0.4 is 5.73 Å². The summed E-state index contributed by atoms with van der Waals surface area (Å²) >= 11 is 1.57. The van der Waals surface area contributed by atoms with Crippen molar-refractivity contribution >= 4 is 17.7 Å². The van der Waals surface area contributed by atoms with Crippen LogP contribution in [-0.2, 0) is 17.8 Å². The summed E-state index contributed by atoms with van der Waals surface area (Å²) in [5.41, 5.74) is 6.30. The molecule has 0 fully saturated rings. The zero-order valence-corrected chi connectivity index (χ0v) is 13.8. The summed E-state index contributed by atoms with van der Waals surface area (Å²) in [6.45, 7) is 0.421. The molecular weight excluding hydrogens is 326 g/mol. The van der Waals surface area contributed by atoms with Crippen LogP contribution in [0, 0.1) is 0 Å². The van der Waals surface area contributed by atoms with E-state index in [0.717, 1.165) is 23.0 Å². The third-order valence-corrected chi connectivity index (χ3v) is 4.32. The predicted octanol–water partition coefficient (Wildman–Crippen LogP) is 2.14. The zero-order chi connectivity index (χ0) is 16.8. The molecule has 0 spiro atoms. The molecule has 1 amide bonds. The summed E-state index contributed by atoms with van der Waals surface area (Å²) < 4.78 is 7.26. The lowest BCUT2D eigenvalue weighted by Gasteiger charge is -2.07. The molecule has 8 heteroatoms. The van der Waals surface area contributed by atoms with Crippen molar-refractivity contribution in [3.63, 3.8) is 0 Å². The van der Waals surface area contributed by atoms with Crippen molar-refractivity contribution in [3.05, 3.63) is 48.5 Å². The van der Waals surface area contributed by atoms with Crippen molar-refractivity contribution in [2.75, 3.05) is 5.75 Å². The zero-order valence-electron chi connectivity index (χ0n) is 13.0. The number of aryl methyl sites for hydroxylation is 1. The Hall–Kier alpha value is -2.61. The van der Waals surface area contributed by atoms with E-state index in [0.29, 0.717) is 18.1 Å². The number of hydrogen-bond acceptors (Lipinski definition) is 6. The normalized spacial score (nSPS) is 10.8. The van der Waals surface area contributed by atoms with E-state index >= 15 is 0 Å². The van der Waals surface area contributed by atoms with Gasteiger partial charge < -0.3 is 10.2 Å². The third kappa shape index (κ3) is 4.02. The monoisotopic (exact) mass is 343 g/mol. The first-order valence-corrected chi connectivity index (χ1v) is 8.50. The fourth-order valence-electron chi connectivity index (χ4n) is 2.20. The maximum Gasteiger partial charge on any atom is 0.219 e. The third-order valence-electron chi connectivity index (χ3n) is 3.36. The highest BCUT2D eigenvalue weighted by molar-refractivity contribution is 7.99. The Morgan fingerprint density at radius 1 is 1.25 bits per heavy atom. The molecule has 3 rings (SSSR count). The first-order chi connectivity index (χ1) is 11.7. The fraction of sp³-hybridized carbons (Fsp3) is 0.250. The molecule has 0 bridgehead atoms. The van der Waals surface area contributed by atoms with Crippen LogP contribution in [0.4, 0.5) is 0 Å². The molecule has 0 saturated carbocycles. The van der Waals surface area contributed by atoms with Gasteiger partial charge in [0.25, 0.3) is 0 Å². The van der Waals surface area contributed by atoms with E-state index in [1.54, 1.807) is 30.3 Å². The second kappa shape index (κ2) is 7.78. The van der Waals surface area contributed by atoms with Gasteiger partial charge in [0.1, 0.15) is 0 Å². The maximum atomic E-state index is 11.1. The van der Waals surface area contributed by atoms with E-state index in [9.17, 15) is 4.79 Å². The van der Waals surface area contributed by atoms with Gasteiger partial charge in [-0.15, -0.1) is 10.2 Å². The summed E-state index contributed by atoms with van der Waals surface area (Å²) in [5.74, 6) is 1.66. The van der Waals surface area contributed by atoms with Gasteiger partial charge >= 0.3 is 0 Å². The molecule has 3 aromatic rings. The van der Waals surface area contributed by atoms with Gasteiger partial charge in [-0.3, -0.25) is 14.3 Å². The van der Waals surface area contributed by atoms with Crippen LogP contribution in [0.3, 0.4) is 0 Å². The van der Waals surface area contributed by atoms with E-state index < -0.39 is 0 Å². The minimum Gasteiger partial charge on any atom is -0.461 e. The molecule has 0 atom stereocenters. The van der Waals surface area contributed by atoms with Gasteiger partial charge in [-0.25, -0.2) is 0 Å². The summed E-state index contributed by atoms with van der Waals surface area (Å²) in [5, 5.41) is 9.15. The van der Waals surface area contributed by atoms with Crippen LogP contribution in [0.5, 0.6) is 0 Å². The minimum atomic E-state index is -0.362. The van der Waals surface area contributed by atoms with Gasteiger partial charge in [0.05, 0.1) is 6.26 Å². The number of nitrogens with two attached hydrogens (primary N) is 1. The molecule has 0 aliphatic heterocycles. The van der Waals surface area contributed by atoms with Gasteiger partial charge in [0, 0.05) is 30.6 Å². The first kappa shape index (κ1) is 16.3. The highest BCUT2D eigenvalue weighted by atomic mass is 32.2. The predicted molar refractivity (Wildman–Crippen MR) is 90.2 cm³/mol. The Labute approximate surface area is 143 Å². The second-order valence-corrected chi connectivity index (χ2v) is 6.13. The highest BCUT2D eigenvalue weighted by Gasteiger charge is 2.16. The quantitative estimate of drug-likeness (QED) is 0.629. The van der Waals surface area contributed by atoms with Gasteiger partial charge in [0.2, 0.25) is 5.91 Å². The molecule has 0 aliphatic rings. The maximum absolute atomic E-state index is 11.1. The topological polar surface area (TPSA) is 99.8 Å². The fourth-order valence-corrected chi connectivity index (χ4v) is 3.13. The summed E-state index contributed by atoms with van der Waals surface area (Å²) in [6, 6.07) is 9.46. The van der Waals surface area contributed by atoms with Gasteiger partial charge in [-0.2, -0.15) is 0 Å². The van der Waals surface area contributed by atoms with Crippen LogP contribution in [0.25, 0.3) is 11.6 Å². The number of carbonyl (C=O) groups excluding carboxylic acids is 1. The van der Waals surface area contributed by atoms with E-state index in [-0.39, 0.29) is 12.3 Å². The van der Waals surface area contributed by atoms with Gasteiger partial charge in [-0.1, -0.05) is 17.8 Å². The Bertz CT molecular complexity index is 786. The smallest absolute Gasteiger partial charge is 0.219 e. The number of hydrogen-bond donors (Lipinski definition) is 1. The van der Waals surface area contributed by atoms with Crippen LogP contribution >= 0.6 is 11.8 Å². The second-order valence-electron chi connectivity index (χ2n) is 5.07. The van der Waals surface area contributed by atoms with Crippen molar-refractivity contribution in [1.29, 1.82) is 0 Å². The molecule has 0 aromatic carbocycles. The molecule has 3 heterocycles. The molecule has 0 aliphatic carbocycles. The lowest BCUT2D eigenvalue weighted by atomic mass is 10.3. The van der Waals surface area contributed by atoms with Crippen LogP contribution in [0.15, 0.2) is 52.4 Å². The van der Waals surface area contributed by atoms with Crippen molar-refractivity contribution in [3.8, 4) is 11.6 Å². The van der Waals surface area contributed by atoms with Crippen molar-refractivity contribution in [2.45, 2.75) is 24.5 Å². The van der Waals surface area contributed by atoms with E-state index in [1.807, 2.05) is 28.8 Å². The molecule has 2 N–H and O–H groups in total. The number of amides is 1. The summed E-state index contributed by atoms with van der Waals surface area (Å²) in [4.78, 5) is 15.4. The lowest BCUT2D eigenvalue weighted by Crippen LogP contribution is -2.15. The number of furan rings is 1. The van der Waals surface area contributed by atoms with E-state index in [4.69, 9.17) is 10.2 Å². The van der Waals surface area contributed by atoms with Crippen LogP contribution in [-0.4, -0.2) is 31.4 Å². The Kier molecular flexibility index (Phi) is 5.27. The molecule has 3 aromatic heterocycles. The Morgan fingerprint density at radius 2 is 2.17 bits per heavy atom. The molecule has 24 heavy (non-hydrogen) atoms. The molecule has 0 saturated heterocycles. The van der Waals surface area contributed by atoms with Crippen LogP contribution in [0.1, 0.15) is 12.1 Å². The number of primary amides is 1. The number of thioether (sulfide) groups is 1. The number of aromatic nitrogens is 4. The standard InChI is InChI=1S/C16H17N5O2S/c17-14(22)6-9-21-15(13-5-3-10-23-13)19-20-16(21)24-11-7-12-4-1-2-8-18-12/h1-5,8,10H,6-7,9,11H2,(H2,17,22). The molecule has 124 valence electrons. The molecule has 7 nitrogen and oxygen atoms in total. The average molecular weight is 343 g/mol. The molecule has 0 unspecified atom stereocenters. The number of rotatable bonds is 8. The highest BCUT2D eigenvalue weighted by Crippen LogP contribution is 2.25. The molecular formula is C16H17N5O2S. The van der Waals surface area contributed by atoms with Crippen molar-refractivity contribution < 1.29 is 9.21 Å². The Balaban J connectivity index is 1.73. The van der Waals surface area contributed by atoms with Gasteiger partial charge in [0.15, 0.2) is 16.7 Å². The van der Waals surface area contributed by atoms with Crippen LogP contribution in [0.2, 0.25) is 0 Å². The lowest BCUT2D eigenvalue weighted by molar-refractivity contribution is -0.118.